The number of aryl methyl sites for hydroxylation is 1. The van der Waals surface area contributed by atoms with Gasteiger partial charge in [-0.05, 0) is 43.9 Å². The van der Waals surface area contributed by atoms with E-state index in [1.165, 1.54) is 43.6 Å². The second-order valence-electron chi connectivity index (χ2n) is 6.09. The number of nitrogens with zero attached hydrogens (tertiary/aromatic N) is 2. The Bertz CT molecular complexity index is 424. The van der Waals surface area contributed by atoms with Crippen LogP contribution in [0.5, 0.6) is 0 Å². The highest BCUT2D eigenvalue weighted by atomic mass is 15.3. The zero-order valence-electron chi connectivity index (χ0n) is 11.9. The summed E-state index contributed by atoms with van der Waals surface area (Å²) in [5.74, 6) is 0. The first-order chi connectivity index (χ1) is 9.22. The maximum atomic E-state index is 6.03. The van der Waals surface area contributed by atoms with Crippen LogP contribution in [0.4, 0.5) is 5.69 Å². The number of rotatable bonds is 2. The van der Waals surface area contributed by atoms with Crippen LogP contribution in [0.1, 0.15) is 24.8 Å². The molecule has 0 bridgehead atoms. The third kappa shape index (κ3) is 2.93. The Hall–Kier alpha value is -1.06. The Kier molecular flexibility index (Phi) is 3.76. The second-order valence-corrected chi connectivity index (χ2v) is 6.09. The van der Waals surface area contributed by atoms with E-state index in [2.05, 4.69) is 41.0 Å². The van der Waals surface area contributed by atoms with Crippen molar-refractivity contribution in [2.75, 3.05) is 31.1 Å². The van der Waals surface area contributed by atoms with E-state index < -0.39 is 0 Å². The molecule has 104 valence electrons. The molecule has 1 heterocycles. The Balaban J connectivity index is 1.57. The maximum Gasteiger partial charge on any atom is 0.0369 e. The van der Waals surface area contributed by atoms with Gasteiger partial charge >= 0.3 is 0 Å². The Labute approximate surface area is 116 Å². The first kappa shape index (κ1) is 12.9. The summed E-state index contributed by atoms with van der Waals surface area (Å²) in [5, 5.41) is 0. The van der Waals surface area contributed by atoms with Gasteiger partial charge in [-0.15, -0.1) is 0 Å². The molecule has 3 nitrogen and oxygen atoms in total. The number of hydrogen-bond acceptors (Lipinski definition) is 3. The quantitative estimate of drug-likeness (QED) is 0.881. The highest BCUT2D eigenvalue weighted by molar-refractivity contribution is 5.48. The summed E-state index contributed by atoms with van der Waals surface area (Å²) >= 11 is 0. The topological polar surface area (TPSA) is 32.5 Å². The number of benzene rings is 1. The average molecular weight is 259 g/mol. The molecule has 1 saturated carbocycles. The summed E-state index contributed by atoms with van der Waals surface area (Å²) in [5.41, 5.74) is 8.76. The molecule has 0 radical (unpaired) electrons. The summed E-state index contributed by atoms with van der Waals surface area (Å²) in [6.07, 6.45) is 3.71. The zero-order valence-corrected chi connectivity index (χ0v) is 11.9. The number of anilines is 1. The molecule has 3 heteroatoms. The monoisotopic (exact) mass is 259 g/mol. The highest BCUT2D eigenvalue weighted by Gasteiger charge is 2.29. The molecule has 2 unspecified atom stereocenters. The lowest BCUT2D eigenvalue weighted by Crippen LogP contribution is -2.50. The van der Waals surface area contributed by atoms with Crippen molar-refractivity contribution in [3.8, 4) is 0 Å². The van der Waals surface area contributed by atoms with Crippen molar-refractivity contribution in [1.29, 1.82) is 0 Å². The Morgan fingerprint density at radius 3 is 2.53 bits per heavy atom. The molecule has 3 rings (SSSR count). The number of nitrogens with two attached hydrogens (primary N) is 1. The minimum atomic E-state index is 0.444. The first-order valence-corrected chi connectivity index (χ1v) is 7.53. The molecule has 0 aromatic heterocycles. The third-order valence-corrected chi connectivity index (χ3v) is 4.64. The SMILES string of the molecule is Cc1cccc(N2CCN(C3CCC(N)C3)CC2)c1. The average Bonchev–Trinajstić information content (AvgIpc) is 2.86. The van der Waals surface area contributed by atoms with Gasteiger partial charge in [0.25, 0.3) is 0 Å². The largest absolute Gasteiger partial charge is 0.369 e. The van der Waals surface area contributed by atoms with Crippen molar-refractivity contribution in [3.05, 3.63) is 29.8 Å². The van der Waals surface area contributed by atoms with E-state index in [1.807, 2.05) is 0 Å². The van der Waals surface area contributed by atoms with Gasteiger partial charge in [-0.1, -0.05) is 12.1 Å². The lowest BCUT2D eigenvalue weighted by molar-refractivity contribution is 0.186. The first-order valence-electron chi connectivity index (χ1n) is 7.53. The van der Waals surface area contributed by atoms with Crippen LogP contribution in [0.2, 0.25) is 0 Å². The van der Waals surface area contributed by atoms with Crippen molar-refractivity contribution >= 4 is 5.69 Å². The van der Waals surface area contributed by atoms with E-state index in [-0.39, 0.29) is 0 Å². The fourth-order valence-corrected chi connectivity index (χ4v) is 3.49. The molecule has 1 aliphatic heterocycles. The molecule has 1 saturated heterocycles. The molecule has 2 aliphatic rings. The van der Waals surface area contributed by atoms with Crippen LogP contribution in [0, 0.1) is 6.92 Å². The molecule has 2 atom stereocenters. The van der Waals surface area contributed by atoms with Gasteiger partial charge in [-0.25, -0.2) is 0 Å². The smallest absolute Gasteiger partial charge is 0.0369 e. The third-order valence-electron chi connectivity index (χ3n) is 4.64. The molecule has 0 amide bonds. The van der Waals surface area contributed by atoms with Crippen LogP contribution in [-0.4, -0.2) is 43.2 Å². The molecule has 2 N–H and O–H groups in total. The molecule has 0 spiro atoms. The predicted molar refractivity (Wildman–Crippen MR) is 80.6 cm³/mol. The van der Waals surface area contributed by atoms with Crippen molar-refractivity contribution < 1.29 is 0 Å². The lowest BCUT2D eigenvalue weighted by atomic mass is 10.1. The van der Waals surface area contributed by atoms with Crippen LogP contribution in [-0.2, 0) is 0 Å². The van der Waals surface area contributed by atoms with Crippen LogP contribution in [0.25, 0.3) is 0 Å². The van der Waals surface area contributed by atoms with Crippen molar-refractivity contribution in [2.45, 2.75) is 38.3 Å². The van der Waals surface area contributed by atoms with E-state index in [0.717, 1.165) is 19.1 Å². The van der Waals surface area contributed by atoms with Gasteiger partial charge in [-0.3, -0.25) is 4.90 Å². The summed E-state index contributed by atoms with van der Waals surface area (Å²) in [7, 11) is 0. The van der Waals surface area contributed by atoms with Gasteiger partial charge in [0.2, 0.25) is 0 Å². The minimum absolute atomic E-state index is 0.444. The van der Waals surface area contributed by atoms with Crippen LogP contribution in [0.3, 0.4) is 0 Å². The van der Waals surface area contributed by atoms with Gasteiger partial charge in [0.05, 0.1) is 0 Å². The lowest BCUT2D eigenvalue weighted by Gasteiger charge is -2.39. The molecular formula is C16H25N3. The minimum Gasteiger partial charge on any atom is -0.369 e. The van der Waals surface area contributed by atoms with Crippen molar-refractivity contribution in [3.63, 3.8) is 0 Å². The molecule has 2 fully saturated rings. The number of piperazine rings is 1. The molecule has 1 aliphatic carbocycles. The van der Waals surface area contributed by atoms with E-state index in [4.69, 9.17) is 5.73 Å². The van der Waals surface area contributed by atoms with Gasteiger partial charge in [-0.2, -0.15) is 0 Å². The van der Waals surface area contributed by atoms with Gasteiger partial charge in [0.15, 0.2) is 0 Å². The maximum absolute atomic E-state index is 6.03. The fraction of sp³-hybridized carbons (Fsp3) is 0.625. The summed E-state index contributed by atoms with van der Waals surface area (Å²) in [6, 6.07) is 10.0. The molecule has 19 heavy (non-hydrogen) atoms. The van der Waals surface area contributed by atoms with E-state index >= 15 is 0 Å². The van der Waals surface area contributed by atoms with Crippen molar-refractivity contribution in [1.82, 2.24) is 4.90 Å². The van der Waals surface area contributed by atoms with E-state index in [0.29, 0.717) is 6.04 Å². The second kappa shape index (κ2) is 5.51. The Morgan fingerprint density at radius 1 is 1.11 bits per heavy atom. The van der Waals surface area contributed by atoms with Crippen molar-refractivity contribution in [2.24, 2.45) is 5.73 Å². The molecule has 1 aromatic carbocycles. The fourth-order valence-electron chi connectivity index (χ4n) is 3.49. The van der Waals surface area contributed by atoms with Crippen LogP contribution in [0.15, 0.2) is 24.3 Å². The van der Waals surface area contributed by atoms with Gasteiger partial charge < -0.3 is 10.6 Å². The van der Waals surface area contributed by atoms with E-state index in [9.17, 15) is 0 Å². The van der Waals surface area contributed by atoms with Crippen LogP contribution < -0.4 is 10.6 Å². The van der Waals surface area contributed by atoms with Gasteiger partial charge in [0.1, 0.15) is 0 Å². The zero-order chi connectivity index (χ0) is 13.2. The standard InChI is InChI=1S/C16H25N3/c1-13-3-2-4-15(11-13)18-7-9-19(10-8-18)16-6-5-14(17)12-16/h2-4,11,14,16H,5-10,12,17H2,1H3. The number of hydrogen-bond donors (Lipinski definition) is 1. The summed E-state index contributed by atoms with van der Waals surface area (Å²) < 4.78 is 0. The van der Waals surface area contributed by atoms with Gasteiger partial charge in [0, 0.05) is 44.0 Å². The normalized spacial score (nSPS) is 28.8. The Morgan fingerprint density at radius 2 is 1.89 bits per heavy atom. The van der Waals surface area contributed by atoms with Crippen LogP contribution >= 0.6 is 0 Å². The van der Waals surface area contributed by atoms with E-state index in [1.54, 1.807) is 0 Å². The summed E-state index contributed by atoms with van der Waals surface area (Å²) in [6.45, 7) is 6.83. The summed E-state index contributed by atoms with van der Waals surface area (Å²) in [4.78, 5) is 5.16. The molecular weight excluding hydrogens is 234 g/mol. The predicted octanol–water partition coefficient (Wildman–Crippen LogP) is 2.00. The molecule has 1 aromatic rings. The highest BCUT2D eigenvalue weighted by Crippen LogP contribution is 2.25.